The van der Waals surface area contributed by atoms with Crippen LogP contribution in [-0.2, 0) is 22.3 Å². The number of hydrogen-bond acceptors (Lipinski definition) is 5. The largest absolute Gasteiger partial charge is 0.389 e. The highest BCUT2D eigenvalue weighted by atomic mass is 32.2. The lowest BCUT2D eigenvalue weighted by Gasteiger charge is -2.16. The van der Waals surface area contributed by atoms with Gasteiger partial charge in [-0.25, -0.2) is 13.4 Å². The summed E-state index contributed by atoms with van der Waals surface area (Å²) in [5, 5.41) is 6.31. The quantitative estimate of drug-likeness (QED) is 0.745. The van der Waals surface area contributed by atoms with Crippen LogP contribution in [0.1, 0.15) is 17.0 Å². The van der Waals surface area contributed by atoms with Crippen molar-refractivity contribution < 1.29 is 8.42 Å². The summed E-state index contributed by atoms with van der Waals surface area (Å²) in [5.74, 6) is 0.353. The molecule has 2 rings (SSSR count). The van der Waals surface area contributed by atoms with E-state index in [0.29, 0.717) is 17.0 Å². The summed E-state index contributed by atoms with van der Waals surface area (Å²) in [6.07, 6.45) is 1.33. The first kappa shape index (κ1) is 15.5. The lowest BCUT2D eigenvalue weighted by molar-refractivity contribution is 0.456. The van der Waals surface area contributed by atoms with Crippen LogP contribution in [0.3, 0.4) is 0 Å². The third-order valence-corrected chi connectivity index (χ3v) is 4.89. The lowest BCUT2D eigenvalue weighted by Crippen LogP contribution is -2.28. The fourth-order valence-corrected chi connectivity index (χ4v) is 3.02. The minimum atomic E-state index is -3.47. The molecule has 0 radical (unpaired) electrons. The second-order valence-corrected chi connectivity index (χ2v) is 7.02. The van der Waals surface area contributed by atoms with Gasteiger partial charge in [0.1, 0.15) is 17.1 Å². The Morgan fingerprint density at radius 2 is 2.24 bits per heavy atom. The molecule has 0 atom stereocenters. The van der Waals surface area contributed by atoms with Gasteiger partial charge in [-0.05, 0) is 11.6 Å². The number of hydrogen-bond donors (Lipinski definition) is 2. The van der Waals surface area contributed by atoms with Gasteiger partial charge < -0.3 is 5.73 Å². The number of aromatic nitrogens is 3. The zero-order valence-electron chi connectivity index (χ0n) is 11.4. The van der Waals surface area contributed by atoms with E-state index in [4.69, 9.17) is 18.0 Å². The van der Waals surface area contributed by atoms with Crippen molar-refractivity contribution >= 4 is 27.2 Å². The van der Waals surface area contributed by atoms with Crippen LogP contribution in [0, 0.1) is 0 Å². The molecule has 0 spiro atoms. The maximum absolute atomic E-state index is 12.3. The van der Waals surface area contributed by atoms with E-state index in [2.05, 4.69) is 15.2 Å². The number of nitrogens with zero attached hydrogens (tertiary/aromatic N) is 3. The fraction of sp³-hybridized carbons (Fsp3) is 0.250. The first-order valence-electron chi connectivity index (χ1n) is 6.05. The molecule has 1 aromatic heterocycles. The first-order chi connectivity index (χ1) is 9.88. The molecule has 0 amide bonds. The molecule has 112 valence electrons. The van der Waals surface area contributed by atoms with Crippen molar-refractivity contribution in [3.8, 4) is 0 Å². The van der Waals surface area contributed by atoms with E-state index in [1.54, 1.807) is 24.3 Å². The maximum atomic E-state index is 12.3. The van der Waals surface area contributed by atoms with Gasteiger partial charge in [0.25, 0.3) is 0 Å². The Kier molecular flexibility index (Phi) is 4.66. The highest BCUT2D eigenvalue weighted by Crippen LogP contribution is 2.13. The van der Waals surface area contributed by atoms with Crippen molar-refractivity contribution in [1.82, 2.24) is 19.5 Å². The van der Waals surface area contributed by atoms with Crippen LogP contribution in [-0.4, -0.2) is 39.9 Å². The third-order valence-electron chi connectivity index (χ3n) is 2.87. The summed E-state index contributed by atoms with van der Waals surface area (Å²) in [6.45, 7) is 0.136. The zero-order chi connectivity index (χ0) is 15.5. The number of H-pyrrole nitrogens is 1. The van der Waals surface area contributed by atoms with Crippen LogP contribution in [0.4, 0.5) is 0 Å². The Labute approximate surface area is 128 Å². The number of rotatable bonds is 6. The fourth-order valence-electron chi connectivity index (χ4n) is 1.75. The van der Waals surface area contributed by atoms with E-state index >= 15 is 0 Å². The molecule has 3 N–H and O–H groups in total. The van der Waals surface area contributed by atoms with Crippen LogP contribution < -0.4 is 5.73 Å². The van der Waals surface area contributed by atoms with E-state index < -0.39 is 10.0 Å². The average molecular weight is 325 g/mol. The summed E-state index contributed by atoms with van der Waals surface area (Å²) in [6, 6.07) is 6.89. The van der Waals surface area contributed by atoms with Crippen LogP contribution in [0.2, 0.25) is 0 Å². The number of nitrogens with two attached hydrogens (primary N) is 1. The number of benzene rings is 1. The van der Waals surface area contributed by atoms with Crippen molar-refractivity contribution in [2.24, 2.45) is 5.73 Å². The molecule has 0 fully saturated rings. The van der Waals surface area contributed by atoms with Crippen LogP contribution >= 0.6 is 12.2 Å². The van der Waals surface area contributed by atoms with Crippen molar-refractivity contribution in [3.05, 3.63) is 47.5 Å². The molecule has 0 aliphatic carbocycles. The van der Waals surface area contributed by atoms with Crippen LogP contribution in [0.15, 0.2) is 30.6 Å². The average Bonchev–Trinajstić information content (AvgIpc) is 2.91. The number of thiocarbonyl (C=S) groups is 1. The molecule has 0 unspecified atom stereocenters. The SMILES string of the molecule is CN(Cc1ncn[nH]1)S(=O)(=O)Cc1cccc(C(N)=S)c1. The minimum absolute atomic E-state index is 0.131. The predicted octanol–water partition coefficient (Wildman–Crippen LogP) is 0.401. The Morgan fingerprint density at radius 3 is 2.86 bits per heavy atom. The van der Waals surface area contributed by atoms with Gasteiger partial charge in [-0.1, -0.05) is 30.4 Å². The van der Waals surface area contributed by atoms with Crippen molar-refractivity contribution in [1.29, 1.82) is 0 Å². The third kappa shape index (κ3) is 4.06. The standard InChI is InChI=1S/C12H15N5O2S2/c1-17(6-11-14-8-15-16-11)21(18,19)7-9-3-2-4-10(5-9)12(13)20/h2-5,8H,6-7H2,1H3,(H2,13,20)(H,14,15,16). The molecule has 0 saturated carbocycles. The topological polar surface area (TPSA) is 105 Å². The highest BCUT2D eigenvalue weighted by Gasteiger charge is 2.20. The van der Waals surface area contributed by atoms with Crippen molar-refractivity contribution in [3.63, 3.8) is 0 Å². The van der Waals surface area contributed by atoms with Gasteiger partial charge in [0.2, 0.25) is 10.0 Å². The zero-order valence-corrected chi connectivity index (χ0v) is 13.0. The van der Waals surface area contributed by atoms with Gasteiger partial charge in [0.15, 0.2) is 0 Å². The summed E-state index contributed by atoms with van der Waals surface area (Å²) in [4.78, 5) is 4.15. The second-order valence-electron chi connectivity index (χ2n) is 4.51. The summed E-state index contributed by atoms with van der Waals surface area (Å²) >= 11 is 4.89. The molecule has 9 heteroatoms. The number of aromatic amines is 1. The molecule has 2 aromatic rings. The summed E-state index contributed by atoms with van der Waals surface area (Å²) in [7, 11) is -1.98. The Hall–Kier alpha value is -1.84. The monoisotopic (exact) mass is 325 g/mol. The Balaban J connectivity index is 2.13. The molecule has 0 saturated heterocycles. The molecule has 21 heavy (non-hydrogen) atoms. The van der Waals surface area contributed by atoms with E-state index in [9.17, 15) is 8.42 Å². The number of nitrogens with one attached hydrogen (secondary N) is 1. The van der Waals surface area contributed by atoms with Crippen molar-refractivity contribution in [2.45, 2.75) is 12.3 Å². The smallest absolute Gasteiger partial charge is 0.218 e. The van der Waals surface area contributed by atoms with E-state index in [1.165, 1.54) is 17.7 Å². The van der Waals surface area contributed by atoms with E-state index in [-0.39, 0.29) is 17.3 Å². The van der Waals surface area contributed by atoms with Crippen LogP contribution in [0.25, 0.3) is 0 Å². The second kappa shape index (κ2) is 6.29. The maximum Gasteiger partial charge on any atom is 0.218 e. The van der Waals surface area contributed by atoms with Gasteiger partial charge in [0.05, 0.1) is 12.3 Å². The minimum Gasteiger partial charge on any atom is -0.389 e. The van der Waals surface area contributed by atoms with Crippen LogP contribution in [0.5, 0.6) is 0 Å². The van der Waals surface area contributed by atoms with Gasteiger partial charge >= 0.3 is 0 Å². The molecule has 7 nitrogen and oxygen atoms in total. The normalized spacial score (nSPS) is 11.7. The molecule has 0 aliphatic heterocycles. The molecular weight excluding hydrogens is 310 g/mol. The van der Waals surface area contributed by atoms with Gasteiger partial charge in [-0.15, -0.1) is 0 Å². The van der Waals surface area contributed by atoms with E-state index in [0.717, 1.165) is 0 Å². The summed E-state index contributed by atoms with van der Waals surface area (Å²) < 4.78 is 25.8. The van der Waals surface area contributed by atoms with Gasteiger partial charge in [0, 0.05) is 12.6 Å². The summed E-state index contributed by atoms with van der Waals surface area (Å²) in [5.41, 5.74) is 6.83. The molecule has 0 aliphatic rings. The van der Waals surface area contributed by atoms with Crippen molar-refractivity contribution in [2.75, 3.05) is 7.05 Å². The molecule has 1 aromatic carbocycles. The predicted molar refractivity (Wildman–Crippen MR) is 82.8 cm³/mol. The Bertz CT molecular complexity index is 728. The lowest BCUT2D eigenvalue weighted by atomic mass is 10.1. The van der Waals surface area contributed by atoms with E-state index in [1.807, 2.05) is 0 Å². The first-order valence-corrected chi connectivity index (χ1v) is 8.07. The highest BCUT2D eigenvalue weighted by molar-refractivity contribution is 7.88. The van der Waals surface area contributed by atoms with Gasteiger partial charge in [-0.2, -0.15) is 9.40 Å². The molecular formula is C12H15N5O2S2. The number of sulfonamides is 1. The molecule has 0 bridgehead atoms. The Morgan fingerprint density at radius 1 is 1.48 bits per heavy atom. The van der Waals surface area contributed by atoms with Gasteiger partial charge in [-0.3, -0.25) is 5.10 Å². The molecule has 1 heterocycles.